The first-order valence-corrected chi connectivity index (χ1v) is 9.17. The molecule has 122 valence electrons. The van der Waals surface area contributed by atoms with E-state index in [-0.39, 0.29) is 12.5 Å². The Labute approximate surface area is 157 Å². The van der Waals surface area contributed by atoms with Crippen molar-refractivity contribution in [2.24, 2.45) is 0 Å². The number of hydrogen-bond donors (Lipinski definition) is 1. The van der Waals surface area contributed by atoms with Crippen LogP contribution in [0.5, 0.6) is 0 Å². The van der Waals surface area contributed by atoms with Crippen LogP contribution in [0, 0.1) is 3.70 Å². The van der Waals surface area contributed by atoms with E-state index in [0.29, 0.717) is 22.0 Å². The Balaban J connectivity index is 1.91. The number of aliphatic hydroxyl groups excluding tert-OH is 1. The number of rotatable bonds is 3. The lowest BCUT2D eigenvalue weighted by Gasteiger charge is -2.10. The summed E-state index contributed by atoms with van der Waals surface area (Å²) in [5.41, 5.74) is 2.98. The molecule has 1 saturated carbocycles. The zero-order valence-corrected chi connectivity index (χ0v) is 15.6. The second kappa shape index (κ2) is 6.13. The van der Waals surface area contributed by atoms with Crippen molar-refractivity contribution in [3.05, 3.63) is 61.8 Å². The van der Waals surface area contributed by atoms with Gasteiger partial charge in [0.25, 0.3) is 5.91 Å². The number of hydrogen-bond acceptors (Lipinski definition) is 3. The van der Waals surface area contributed by atoms with E-state index in [0.717, 1.165) is 33.1 Å². The van der Waals surface area contributed by atoms with E-state index in [1.54, 1.807) is 12.1 Å². The zero-order valence-electron chi connectivity index (χ0n) is 12.7. The Kier molecular flexibility index (Phi) is 4.10. The van der Waals surface area contributed by atoms with Gasteiger partial charge in [-0.1, -0.05) is 29.8 Å². The smallest absolute Gasteiger partial charge is 0.280 e. The summed E-state index contributed by atoms with van der Waals surface area (Å²) in [6, 6.07) is 11.1. The highest BCUT2D eigenvalue weighted by Crippen LogP contribution is 2.43. The van der Waals surface area contributed by atoms with Crippen LogP contribution < -0.4 is 0 Å². The average Bonchev–Trinajstić information content (AvgIpc) is 3.38. The third-order valence-electron chi connectivity index (χ3n) is 4.35. The molecule has 24 heavy (non-hydrogen) atoms. The summed E-state index contributed by atoms with van der Waals surface area (Å²) in [4.78, 5) is 13.2. The molecule has 1 N–H and O–H groups in total. The van der Waals surface area contributed by atoms with Crippen molar-refractivity contribution in [2.45, 2.75) is 25.4 Å². The van der Waals surface area contributed by atoms with E-state index in [1.165, 1.54) is 4.68 Å². The lowest BCUT2D eigenvalue weighted by atomic mass is 10.0. The molecule has 0 aliphatic heterocycles. The van der Waals surface area contributed by atoms with Gasteiger partial charge in [-0.25, -0.2) is 0 Å². The van der Waals surface area contributed by atoms with Crippen molar-refractivity contribution in [3.8, 4) is 0 Å². The molecule has 0 spiro atoms. The van der Waals surface area contributed by atoms with E-state index < -0.39 is 0 Å². The Bertz CT molecular complexity index is 963. The number of carbonyl (C=O) groups excluding carboxylic acids is 1. The largest absolute Gasteiger partial charge is 0.392 e. The topological polar surface area (TPSA) is 55.1 Å². The molecular weight excluding hydrogens is 439 g/mol. The van der Waals surface area contributed by atoms with Gasteiger partial charge >= 0.3 is 0 Å². The van der Waals surface area contributed by atoms with E-state index >= 15 is 0 Å². The first-order valence-electron chi connectivity index (χ1n) is 7.71. The highest BCUT2D eigenvalue weighted by atomic mass is 127. The third kappa shape index (κ3) is 2.64. The maximum atomic E-state index is 13.2. The first-order chi connectivity index (χ1) is 11.6. The van der Waals surface area contributed by atoms with Crippen LogP contribution in [0.15, 0.2) is 36.4 Å². The van der Waals surface area contributed by atoms with Crippen LogP contribution in [-0.2, 0) is 6.61 Å². The number of benzene rings is 2. The average molecular weight is 453 g/mol. The van der Waals surface area contributed by atoms with Crippen LogP contribution in [0.2, 0.25) is 5.02 Å². The van der Waals surface area contributed by atoms with E-state index in [9.17, 15) is 9.90 Å². The molecule has 1 heterocycles. The van der Waals surface area contributed by atoms with Crippen molar-refractivity contribution in [1.82, 2.24) is 9.78 Å². The Hall–Kier alpha value is -1.44. The van der Waals surface area contributed by atoms with E-state index in [2.05, 4.69) is 27.7 Å². The molecule has 3 aromatic rings. The van der Waals surface area contributed by atoms with Crippen molar-refractivity contribution < 1.29 is 9.90 Å². The number of halogens is 2. The van der Waals surface area contributed by atoms with Gasteiger partial charge in [-0.2, -0.15) is 9.78 Å². The molecule has 2 aromatic carbocycles. The van der Waals surface area contributed by atoms with Gasteiger partial charge in [0.05, 0.1) is 22.7 Å². The highest BCUT2D eigenvalue weighted by Gasteiger charge is 2.30. The minimum absolute atomic E-state index is 0.0781. The summed E-state index contributed by atoms with van der Waals surface area (Å²) in [6.07, 6.45) is 2.18. The summed E-state index contributed by atoms with van der Waals surface area (Å²) < 4.78 is 2.16. The number of aliphatic hydroxyl groups is 1. The molecule has 6 heteroatoms. The first kappa shape index (κ1) is 16.1. The number of fused-ring (bicyclic) bond motifs is 1. The van der Waals surface area contributed by atoms with Crippen molar-refractivity contribution >= 4 is 51.0 Å². The molecule has 1 aliphatic rings. The molecule has 0 saturated heterocycles. The fourth-order valence-corrected chi connectivity index (χ4v) is 3.92. The fourth-order valence-electron chi connectivity index (χ4n) is 2.98. The molecule has 0 amide bonds. The second-order valence-corrected chi connectivity index (χ2v) is 7.42. The predicted molar refractivity (Wildman–Crippen MR) is 102 cm³/mol. The summed E-state index contributed by atoms with van der Waals surface area (Å²) >= 11 is 8.48. The van der Waals surface area contributed by atoms with Gasteiger partial charge < -0.3 is 5.11 Å². The van der Waals surface area contributed by atoms with Gasteiger partial charge in [-0.05, 0) is 70.7 Å². The van der Waals surface area contributed by atoms with E-state index in [1.807, 2.05) is 24.3 Å². The standard InChI is InChI=1S/C18H14ClIN2O2/c19-14-3-1-2-12(11-5-6-11)16(14)18(24)22-15-8-10(9-23)4-7-13(15)17(20)21-22/h1-4,7-8,11,23H,5-6,9H2. The monoisotopic (exact) mass is 452 g/mol. The van der Waals surface area contributed by atoms with Crippen LogP contribution in [-0.4, -0.2) is 20.8 Å². The summed E-state index contributed by atoms with van der Waals surface area (Å²) in [7, 11) is 0. The Morgan fingerprint density at radius 1 is 1.33 bits per heavy atom. The zero-order chi connectivity index (χ0) is 16.8. The molecule has 1 fully saturated rings. The minimum atomic E-state index is -0.217. The van der Waals surface area contributed by atoms with E-state index in [4.69, 9.17) is 11.6 Å². The van der Waals surface area contributed by atoms with Crippen LogP contribution in [0.4, 0.5) is 0 Å². The van der Waals surface area contributed by atoms with Crippen LogP contribution in [0.1, 0.15) is 40.2 Å². The maximum absolute atomic E-state index is 13.2. The van der Waals surface area contributed by atoms with Crippen molar-refractivity contribution in [2.75, 3.05) is 0 Å². The van der Waals surface area contributed by atoms with Gasteiger partial charge in [0.1, 0.15) is 3.70 Å². The maximum Gasteiger partial charge on any atom is 0.280 e. The van der Waals surface area contributed by atoms with Crippen molar-refractivity contribution in [3.63, 3.8) is 0 Å². The van der Waals surface area contributed by atoms with Gasteiger partial charge in [0.15, 0.2) is 0 Å². The lowest BCUT2D eigenvalue weighted by molar-refractivity contribution is 0.0949. The molecule has 0 radical (unpaired) electrons. The van der Waals surface area contributed by atoms with Crippen LogP contribution in [0.25, 0.3) is 10.9 Å². The highest BCUT2D eigenvalue weighted by molar-refractivity contribution is 14.1. The second-order valence-electron chi connectivity index (χ2n) is 6.00. The van der Waals surface area contributed by atoms with Crippen LogP contribution >= 0.6 is 34.2 Å². The number of nitrogens with zero attached hydrogens (tertiary/aromatic N) is 2. The SMILES string of the molecule is O=C(c1c(Cl)cccc1C1CC1)n1nc(I)c2ccc(CO)cc21. The normalized spacial score (nSPS) is 14.3. The quantitative estimate of drug-likeness (QED) is 0.601. The molecule has 0 bridgehead atoms. The number of carbonyl (C=O) groups is 1. The molecule has 0 unspecified atom stereocenters. The Morgan fingerprint density at radius 2 is 2.12 bits per heavy atom. The fraction of sp³-hybridized carbons (Fsp3) is 0.222. The molecule has 0 atom stereocenters. The minimum Gasteiger partial charge on any atom is -0.392 e. The summed E-state index contributed by atoms with van der Waals surface area (Å²) in [5, 5.41) is 15.1. The molecule has 4 nitrogen and oxygen atoms in total. The van der Waals surface area contributed by atoms with Gasteiger partial charge in [-0.3, -0.25) is 4.79 Å². The number of aromatic nitrogens is 2. The summed E-state index contributed by atoms with van der Waals surface area (Å²) in [5.74, 6) is 0.196. The Morgan fingerprint density at radius 3 is 2.83 bits per heavy atom. The van der Waals surface area contributed by atoms with Crippen molar-refractivity contribution in [1.29, 1.82) is 0 Å². The molecular formula is C18H14ClIN2O2. The summed E-state index contributed by atoms with van der Waals surface area (Å²) in [6.45, 7) is -0.0781. The predicted octanol–water partition coefficient (Wildman–Crippen LogP) is 4.35. The lowest BCUT2D eigenvalue weighted by Crippen LogP contribution is -2.16. The molecule has 1 aromatic heterocycles. The van der Waals surface area contributed by atoms with Crippen LogP contribution in [0.3, 0.4) is 0 Å². The van der Waals surface area contributed by atoms with Gasteiger partial charge in [0.2, 0.25) is 0 Å². The third-order valence-corrected chi connectivity index (χ3v) is 5.46. The van der Waals surface area contributed by atoms with Gasteiger partial charge in [-0.15, -0.1) is 0 Å². The molecule has 4 rings (SSSR count). The molecule has 1 aliphatic carbocycles. The van der Waals surface area contributed by atoms with Gasteiger partial charge in [0, 0.05) is 5.39 Å².